The van der Waals surface area contributed by atoms with Gasteiger partial charge in [0, 0.05) is 10.7 Å². The van der Waals surface area contributed by atoms with Gasteiger partial charge in [-0.25, -0.2) is 9.97 Å². The fourth-order valence-corrected chi connectivity index (χ4v) is 1.75. The fourth-order valence-electron chi connectivity index (χ4n) is 1.37. The Morgan fingerprint density at radius 2 is 2.12 bits per heavy atom. The van der Waals surface area contributed by atoms with Crippen molar-refractivity contribution in [2.45, 2.75) is 6.92 Å². The van der Waals surface area contributed by atoms with Gasteiger partial charge in [-0.1, -0.05) is 12.1 Å². The predicted molar refractivity (Wildman–Crippen MR) is 68.9 cm³/mol. The van der Waals surface area contributed by atoms with E-state index >= 15 is 0 Å². The van der Waals surface area contributed by atoms with Crippen molar-refractivity contribution in [3.8, 4) is 0 Å². The van der Waals surface area contributed by atoms with E-state index in [1.54, 1.807) is 6.92 Å². The largest absolute Gasteiger partial charge is 0.321 e. The van der Waals surface area contributed by atoms with Gasteiger partial charge >= 0.3 is 0 Å². The molecule has 1 N–H and O–H groups in total. The number of benzene rings is 1. The van der Waals surface area contributed by atoms with Gasteiger partial charge in [-0.3, -0.25) is 4.79 Å². The van der Waals surface area contributed by atoms with Crippen LogP contribution in [0.5, 0.6) is 0 Å². The molecule has 1 aromatic heterocycles. The van der Waals surface area contributed by atoms with Crippen LogP contribution in [0.25, 0.3) is 0 Å². The number of nitrogens with one attached hydrogen (secondary N) is 1. The average Bonchev–Trinajstić information content (AvgIpc) is 2.32. The summed E-state index contributed by atoms with van der Waals surface area (Å²) >= 11 is 3.37. The third kappa shape index (κ3) is 2.68. The summed E-state index contributed by atoms with van der Waals surface area (Å²) in [7, 11) is 0. The molecule has 0 radical (unpaired) electrons. The smallest absolute Gasteiger partial charge is 0.259 e. The normalized spacial score (nSPS) is 10.0. The monoisotopic (exact) mass is 291 g/mol. The van der Waals surface area contributed by atoms with Crippen molar-refractivity contribution in [3.63, 3.8) is 0 Å². The van der Waals surface area contributed by atoms with Crippen molar-refractivity contribution in [2.24, 2.45) is 0 Å². The molecule has 2 aromatic rings. The zero-order valence-corrected chi connectivity index (χ0v) is 10.7. The van der Waals surface area contributed by atoms with Gasteiger partial charge < -0.3 is 5.32 Å². The first kappa shape index (κ1) is 11.7. The van der Waals surface area contributed by atoms with Gasteiger partial charge in [0.15, 0.2) is 0 Å². The Bertz CT molecular complexity index is 557. The highest BCUT2D eigenvalue weighted by Crippen LogP contribution is 2.21. The maximum atomic E-state index is 12.0. The summed E-state index contributed by atoms with van der Waals surface area (Å²) in [4.78, 5) is 19.8. The van der Waals surface area contributed by atoms with Gasteiger partial charge in [0.1, 0.15) is 6.33 Å². The molecule has 1 amide bonds. The van der Waals surface area contributed by atoms with Crippen LogP contribution in [0.4, 0.5) is 5.69 Å². The van der Waals surface area contributed by atoms with Gasteiger partial charge in [-0.15, -0.1) is 0 Å². The van der Waals surface area contributed by atoms with Crippen molar-refractivity contribution in [3.05, 3.63) is 52.5 Å². The highest BCUT2D eigenvalue weighted by atomic mass is 79.9. The lowest BCUT2D eigenvalue weighted by Crippen LogP contribution is -2.14. The second-order valence-corrected chi connectivity index (χ2v) is 4.31. The van der Waals surface area contributed by atoms with E-state index < -0.39 is 0 Å². The number of para-hydroxylation sites is 1. The zero-order chi connectivity index (χ0) is 12.3. The minimum atomic E-state index is -0.213. The molecule has 1 heterocycles. The number of carbonyl (C=O) groups excluding carboxylic acids is 1. The number of carbonyl (C=O) groups is 1. The van der Waals surface area contributed by atoms with Crippen molar-refractivity contribution in [1.29, 1.82) is 0 Å². The topological polar surface area (TPSA) is 54.9 Å². The van der Waals surface area contributed by atoms with E-state index in [0.717, 1.165) is 10.2 Å². The third-order valence-corrected chi connectivity index (χ3v) is 2.97. The lowest BCUT2D eigenvalue weighted by molar-refractivity contribution is 0.102. The number of nitrogens with zero attached hydrogens (tertiary/aromatic N) is 2. The summed E-state index contributed by atoms with van der Waals surface area (Å²) in [5.74, 6) is -0.213. The predicted octanol–water partition coefficient (Wildman–Crippen LogP) is 2.80. The summed E-state index contributed by atoms with van der Waals surface area (Å²) < 4.78 is 0.836. The van der Waals surface area contributed by atoms with Crippen LogP contribution in [0.1, 0.15) is 16.1 Å². The van der Waals surface area contributed by atoms with Gasteiger partial charge in [0.05, 0.1) is 16.9 Å². The Morgan fingerprint density at radius 3 is 2.82 bits per heavy atom. The molecule has 0 spiro atoms. The lowest BCUT2D eigenvalue weighted by atomic mass is 10.2. The Kier molecular flexibility index (Phi) is 3.49. The molecule has 0 aliphatic heterocycles. The molecular weight excluding hydrogens is 282 g/mol. The van der Waals surface area contributed by atoms with Crippen LogP contribution in [-0.2, 0) is 0 Å². The number of aryl methyl sites for hydroxylation is 1. The first-order valence-electron chi connectivity index (χ1n) is 5.01. The van der Waals surface area contributed by atoms with Crippen LogP contribution in [-0.4, -0.2) is 15.9 Å². The van der Waals surface area contributed by atoms with E-state index in [-0.39, 0.29) is 5.91 Å². The summed E-state index contributed by atoms with van der Waals surface area (Å²) in [6, 6.07) is 7.43. The third-order valence-electron chi connectivity index (χ3n) is 2.28. The summed E-state index contributed by atoms with van der Waals surface area (Å²) in [5, 5.41) is 2.80. The van der Waals surface area contributed by atoms with Crippen molar-refractivity contribution in [2.75, 3.05) is 5.32 Å². The van der Waals surface area contributed by atoms with Crippen LogP contribution in [0.15, 0.2) is 41.3 Å². The van der Waals surface area contributed by atoms with Crippen LogP contribution < -0.4 is 5.32 Å². The molecule has 0 saturated carbocycles. The second kappa shape index (κ2) is 5.05. The average molecular weight is 292 g/mol. The molecule has 0 fully saturated rings. The van der Waals surface area contributed by atoms with Gasteiger partial charge in [-0.2, -0.15) is 0 Å². The Morgan fingerprint density at radius 1 is 1.35 bits per heavy atom. The Hall–Kier alpha value is -1.75. The zero-order valence-electron chi connectivity index (χ0n) is 9.14. The minimum Gasteiger partial charge on any atom is -0.321 e. The molecule has 0 aliphatic rings. The van der Waals surface area contributed by atoms with E-state index in [4.69, 9.17) is 0 Å². The molecule has 0 atom stereocenters. The van der Waals surface area contributed by atoms with Crippen molar-refractivity contribution in [1.82, 2.24) is 9.97 Å². The minimum absolute atomic E-state index is 0.213. The van der Waals surface area contributed by atoms with Crippen LogP contribution in [0.2, 0.25) is 0 Å². The fraction of sp³-hybridized carbons (Fsp3) is 0.0833. The van der Waals surface area contributed by atoms with Crippen LogP contribution >= 0.6 is 15.9 Å². The highest BCUT2D eigenvalue weighted by molar-refractivity contribution is 9.10. The molecule has 5 heteroatoms. The van der Waals surface area contributed by atoms with Crippen LogP contribution in [0.3, 0.4) is 0 Å². The first-order chi connectivity index (χ1) is 8.18. The summed E-state index contributed by atoms with van der Waals surface area (Å²) in [6.45, 7) is 1.77. The maximum absolute atomic E-state index is 12.0. The molecule has 0 bridgehead atoms. The Labute approximate surface area is 107 Å². The number of hydrogen-bond donors (Lipinski definition) is 1. The first-order valence-corrected chi connectivity index (χ1v) is 5.80. The summed E-state index contributed by atoms with van der Waals surface area (Å²) in [5.41, 5.74) is 1.86. The second-order valence-electron chi connectivity index (χ2n) is 3.46. The molecule has 1 aromatic carbocycles. The quantitative estimate of drug-likeness (QED) is 0.926. The van der Waals surface area contributed by atoms with Crippen molar-refractivity contribution < 1.29 is 4.79 Å². The number of anilines is 1. The SMILES string of the molecule is Cc1ncncc1C(=O)Nc1ccccc1Br. The highest BCUT2D eigenvalue weighted by Gasteiger charge is 2.11. The molecular formula is C12H10BrN3O. The van der Waals surface area contributed by atoms with Gasteiger partial charge in [-0.05, 0) is 35.0 Å². The van der Waals surface area contributed by atoms with Crippen LogP contribution in [0, 0.1) is 6.92 Å². The number of halogens is 1. The number of aromatic nitrogens is 2. The van der Waals surface area contributed by atoms with Gasteiger partial charge in [0.25, 0.3) is 5.91 Å². The molecule has 2 rings (SSSR count). The number of hydrogen-bond acceptors (Lipinski definition) is 3. The number of rotatable bonds is 2. The molecule has 4 nitrogen and oxygen atoms in total. The maximum Gasteiger partial charge on any atom is 0.259 e. The van der Waals surface area contributed by atoms with E-state index in [1.807, 2.05) is 24.3 Å². The van der Waals surface area contributed by atoms with Crippen molar-refractivity contribution >= 4 is 27.5 Å². The Balaban J connectivity index is 2.24. The summed E-state index contributed by atoms with van der Waals surface area (Å²) in [6.07, 6.45) is 2.93. The molecule has 86 valence electrons. The molecule has 17 heavy (non-hydrogen) atoms. The molecule has 0 saturated heterocycles. The molecule has 0 unspecified atom stereocenters. The number of amides is 1. The van der Waals surface area contributed by atoms with E-state index in [9.17, 15) is 4.79 Å². The van der Waals surface area contributed by atoms with E-state index in [1.165, 1.54) is 12.5 Å². The molecule has 0 aliphatic carbocycles. The van der Waals surface area contributed by atoms with E-state index in [2.05, 4.69) is 31.2 Å². The van der Waals surface area contributed by atoms with Gasteiger partial charge in [0.2, 0.25) is 0 Å². The van der Waals surface area contributed by atoms with E-state index in [0.29, 0.717) is 11.3 Å². The lowest BCUT2D eigenvalue weighted by Gasteiger charge is -2.07. The standard InChI is InChI=1S/C12H10BrN3O/c1-8-9(6-14-7-15-8)12(17)16-11-5-3-2-4-10(11)13/h2-7H,1H3,(H,16,17).